The normalized spacial score (nSPS) is 9.94. The summed E-state index contributed by atoms with van der Waals surface area (Å²) < 4.78 is 6.78. The zero-order chi connectivity index (χ0) is 12.1. The van der Waals surface area contributed by atoms with Gasteiger partial charge < -0.3 is 4.74 Å². The van der Waals surface area contributed by atoms with Gasteiger partial charge in [0.25, 0.3) is 0 Å². The topological polar surface area (TPSA) is 9.23 Å². The molecule has 0 unspecified atom stereocenters. The van der Waals surface area contributed by atoms with Gasteiger partial charge in [0.15, 0.2) is 0 Å². The molecule has 0 radical (unpaired) electrons. The van der Waals surface area contributed by atoms with Crippen LogP contribution in [0, 0.1) is 0 Å². The van der Waals surface area contributed by atoms with Crippen LogP contribution < -0.4 is 4.74 Å². The van der Waals surface area contributed by atoms with Crippen LogP contribution in [0.1, 0.15) is 11.1 Å². The number of hydrogen-bond donors (Lipinski definition) is 0. The van der Waals surface area contributed by atoms with Gasteiger partial charge in [-0.3, -0.25) is 0 Å². The lowest BCUT2D eigenvalue weighted by Crippen LogP contribution is -1.95. The van der Waals surface area contributed by atoms with Gasteiger partial charge in [0.2, 0.25) is 0 Å². The van der Waals surface area contributed by atoms with E-state index in [1.165, 1.54) is 0 Å². The smallest absolute Gasteiger partial charge is 0.119 e. The van der Waals surface area contributed by atoms with Crippen LogP contribution in [0.15, 0.2) is 59.6 Å². The SMILES string of the molecule is C=Cc1ccc(OCc2ccccc2Br)cc1. The summed E-state index contributed by atoms with van der Waals surface area (Å²) in [5.74, 6) is 0.867. The average Bonchev–Trinajstić information content (AvgIpc) is 2.38. The molecule has 1 nitrogen and oxygen atoms in total. The molecule has 2 rings (SSSR count). The lowest BCUT2D eigenvalue weighted by atomic mass is 10.2. The summed E-state index contributed by atoms with van der Waals surface area (Å²) in [4.78, 5) is 0. The Labute approximate surface area is 110 Å². The van der Waals surface area contributed by atoms with Crippen LogP contribution >= 0.6 is 15.9 Å². The van der Waals surface area contributed by atoms with Crippen molar-refractivity contribution in [2.24, 2.45) is 0 Å². The fraction of sp³-hybridized carbons (Fsp3) is 0.0667. The van der Waals surface area contributed by atoms with Gasteiger partial charge >= 0.3 is 0 Å². The molecular formula is C15H13BrO. The van der Waals surface area contributed by atoms with E-state index in [0.29, 0.717) is 6.61 Å². The van der Waals surface area contributed by atoms with E-state index in [1.807, 2.05) is 54.6 Å². The number of halogens is 1. The summed E-state index contributed by atoms with van der Waals surface area (Å²) in [6.45, 7) is 4.28. The third-order valence-corrected chi connectivity index (χ3v) is 3.24. The van der Waals surface area contributed by atoms with Crippen molar-refractivity contribution in [3.63, 3.8) is 0 Å². The van der Waals surface area contributed by atoms with Crippen molar-refractivity contribution in [3.05, 3.63) is 70.7 Å². The number of hydrogen-bond acceptors (Lipinski definition) is 1. The molecule has 0 aliphatic rings. The first-order valence-electron chi connectivity index (χ1n) is 5.38. The Morgan fingerprint density at radius 3 is 2.41 bits per heavy atom. The van der Waals surface area contributed by atoms with E-state index >= 15 is 0 Å². The molecule has 0 saturated heterocycles. The molecule has 0 heterocycles. The Morgan fingerprint density at radius 1 is 1.06 bits per heavy atom. The second-order valence-electron chi connectivity index (χ2n) is 3.65. The summed E-state index contributed by atoms with van der Waals surface area (Å²) in [5, 5.41) is 0. The van der Waals surface area contributed by atoms with Crippen LogP contribution in [0.25, 0.3) is 6.08 Å². The molecule has 0 fully saturated rings. The van der Waals surface area contributed by atoms with Crippen molar-refractivity contribution in [1.82, 2.24) is 0 Å². The molecule has 0 aliphatic heterocycles. The highest BCUT2D eigenvalue weighted by Crippen LogP contribution is 2.19. The molecule has 86 valence electrons. The second kappa shape index (κ2) is 5.69. The number of benzene rings is 2. The van der Waals surface area contributed by atoms with Crippen LogP contribution in [0.5, 0.6) is 5.75 Å². The molecule has 0 bridgehead atoms. The lowest BCUT2D eigenvalue weighted by molar-refractivity contribution is 0.305. The van der Waals surface area contributed by atoms with Gasteiger partial charge in [0.05, 0.1) is 0 Å². The maximum absolute atomic E-state index is 5.71. The van der Waals surface area contributed by atoms with Crippen LogP contribution in [-0.2, 0) is 6.61 Å². The Kier molecular flexibility index (Phi) is 3.99. The molecule has 2 heteroatoms. The van der Waals surface area contributed by atoms with Gasteiger partial charge in [-0.25, -0.2) is 0 Å². The molecule has 17 heavy (non-hydrogen) atoms. The van der Waals surface area contributed by atoms with E-state index in [1.54, 1.807) is 0 Å². The van der Waals surface area contributed by atoms with Gasteiger partial charge in [-0.15, -0.1) is 0 Å². The molecule has 0 saturated carbocycles. The highest BCUT2D eigenvalue weighted by Gasteiger charge is 1.99. The summed E-state index contributed by atoms with van der Waals surface area (Å²) in [7, 11) is 0. The molecule has 0 aliphatic carbocycles. The lowest BCUT2D eigenvalue weighted by Gasteiger charge is -2.07. The number of rotatable bonds is 4. The van der Waals surface area contributed by atoms with E-state index < -0.39 is 0 Å². The van der Waals surface area contributed by atoms with E-state index in [2.05, 4.69) is 22.5 Å². The van der Waals surface area contributed by atoms with Crippen LogP contribution in [0.4, 0.5) is 0 Å². The fourth-order valence-corrected chi connectivity index (χ4v) is 1.88. The third kappa shape index (κ3) is 3.21. The third-order valence-electron chi connectivity index (χ3n) is 2.47. The van der Waals surface area contributed by atoms with Gasteiger partial charge in [-0.1, -0.05) is 58.9 Å². The molecule has 0 atom stereocenters. The van der Waals surface area contributed by atoms with E-state index in [-0.39, 0.29) is 0 Å². The minimum atomic E-state index is 0.564. The van der Waals surface area contributed by atoms with Crippen molar-refractivity contribution in [2.75, 3.05) is 0 Å². The van der Waals surface area contributed by atoms with E-state index in [9.17, 15) is 0 Å². The minimum Gasteiger partial charge on any atom is -0.489 e. The van der Waals surface area contributed by atoms with E-state index in [4.69, 9.17) is 4.74 Å². The first kappa shape index (κ1) is 11.9. The Morgan fingerprint density at radius 2 is 1.76 bits per heavy atom. The van der Waals surface area contributed by atoms with Gasteiger partial charge in [-0.2, -0.15) is 0 Å². The summed E-state index contributed by atoms with van der Waals surface area (Å²) in [5.41, 5.74) is 2.23. The van der Waals surface area contributed by atoms with Crippen molar-refractivity contribution in [2.45, 2.75) is 6.61 Å². The summed E-state index contributed by atoms with van der Waals surface area (Å²) >= 11 is 3.50. The van der Waals surface area contributed by atoms with Crippen LogP contribution in [0.3, 0.4) is 0 Å². The molecular weight excluding hydrogens is 276 g/mol. The van der Waals surface area contributed by atoms with Crippen LogP contribution in [-0.4, -0.2) is 0 Å². The van der Waals surface area contributed by atoms with E-state index in [0.717, 1.165) is 21.3 Å². The Bertz CT molecular complexity index is 503. The van der Waals surface area contributed by atoms with Gasteiger partial charge in [-0.05, 0) is 23.8 Å². The van der Waals surface area contributed by atoms with Gasteiger partial charge in [0.1, 0.15) is 12.4 Å². The molecule has 0 spiro atoms. The second-order valence-corrected chi connectivity index (χ2v) is 4.51. The summed E-state index contributed by atoms with van der Waals surface area (Å²) in [6.07, 6.45) is 1.82. The fourth-order valence-electron chi connectivity index (χ4n) is 1.48. The minimum absolute atomic E-state index is 0.564. The zero-order valence-electron chi connectivity index (χ0n) is 9.40. The Hall–Kier alpha value is -1.54. The van der Waals surface area contributed by atoms with Crippen molar-refractivity contribution in [3.8, 4) is 5.75 Å². The average molecular weight is 289 g/mol. The first-order valence-corrected chi connectivity index (χ1v) is 6.17. The summed E-state index contributed by atoms with van der Waals surface area (Å²) in [6, 6.07) is 15.9. The largest absolute Gasteiger partial charge is 0.489 e. The predicted molar refractivity (Wildman–Crippen MR) is 75.0 cm³/mol. The molecule has 2 aromatic rings. The van der Waals surface area contributed by atoms with Crippen LogP contribution in [0.2, 0.25) is 0 Å². The standard InChI is InChI=1S/C15H13BrO/c1-2-12-7-9-14(10-8-12)17-11-13-5-3-4-6-15(13)16/h2-10H,1,11H2. The molecule has 2 aromatic carbocycles. The quantitative estimate of drug-likeness (QED) is 0.794. The maximum atomic E-state index is 5.71. The van der Waals surface area contributed by atoms with Crippen molar-refractivity contribution in [1.29, 1.82) is 0 Å². The predicted octanol–water partition coefficient (Wildman–Crippen LogP) is 4.67. The maximum Gasteiger partial charge on any atom is 0.119 e. The monoisotopic (exact) mass is 288 g/mol. The highest BCUT2D eigenvalue weighted by atomic mass is 79.9. The highest BCUT2D eigenvalue weighted by molar-refractivity contribution is 9.10. The Balaban J connectivity index is 2.02. The van der Waals surface area contributed by atoms with Crippen molar-refractivity contribution >= 4 is 22.0 Å². The van der Waals surface area contributed by atoms with Crippen molar-refractivity contribution < 1.29 is 4.74 Å². The number of ether oxygens (including phenoxy) is 1. The first-order chi connectivity index (χ1) is 8.29. The molecule has 0 aromatic heterocycles. The molecule has 0 amide bonds. The van der Waals surface area contributed by atoms with Gasteiger partial charge in [0, 0.05) is 10.0 Å². The molecule has 0 N–H and O–H groups in total. The zero-order valence-corrected chi connectivity index (χ0v) is 11.0.